The number of nitrogens with one attached hydrogen (secondary N) is 1. The van der Waals surface area contributed by atoms with Crippen molar-refractivity contribution in [1.29, 1.82) is 0 Å². The van der Waals surface area contributed by atoms with Crippen molar-refractivity contribution >= 4 is 17.3 Å². The molecule has 0 saturated heterocycles. The van der Waals surface area contributed by atoms with Gasteiger partial charge in [-0.25, -0.2) is 4.84 Å². The summed E-state index contributed by atoms with van der Waals surface area (Å²) in [7, 11) is 0. The second-order valence-corrected chi connectivity index (χ2v) is 5.93. The third kappa shape index (κ3) is 4.73. The minimum absolute atomic E-state index is 0.132. The molecule has 126 valence electrons. The lowest BCUT2D eigenvalue weighted by atomic mass is 9.98. The Kier molecular flexibility index (Phi) is 7.10. The molecule has 0 heterocycles. The first-order valence-electron chi connectivity index (χ1n) is 8.29. The van der Waals surface area contributed by atoms with E-state index in [0.717, 1.165) is 29.7 Å². The predicted octanol–water partition coefficient (Wildman–Crippen LogP) is 5.57. The van der Waals surface area contributed by atoms with Crippen LogP contribution in [0.25, 0.3) is 5.57 Å². The van der Waals surface area contributed by atoms with Crippen molar-refractivity contribution < 1.29 is 0 Å². The number of halogens is 1. The molecule has 3 N–H and O–H groups in total. The summed E-state index contributed by atoms with van der Waals surface area (Å²) in [6.07, 6.45) is 16.7. The van der Waals surface area contributed by atoms with E-state index in [-0.39, 0.29) is 6.04 Å². The van der Waals surface area contributed by atoms with Gasteiger partial charge in [0.1, 0.15) is 0 Å². The summed E-state index contributed by atoms with van der Waals surface area (Å²) >= 11 is 5.95. The fourth-order valence-electron chi connectivity index (χ4n) is 2.72. The fraction of sp³-hybridized carbons (Fsp3) is 0.238. The molecule has 1 aliphatic rings. The zero-order valence-corrected chi connectivity index (χ0v) is 15.1. The van der Waals surface area contributed by atoms with Crippen molar-refractivity contribution in [2.24, 2.45) is 5.73 Å². The average Bonchev–Trinajstić information content (AvgIpc) is 2.65. The Balaban J connectivity index is 2.22. The monoisotopic (exact) mass is 340 g/mol. The SMILES string of the molecule is C/C=C\C(=C/C)c1ccc(C(/C=C(\N)C2=CCCC=C2)NCl)cc1. The van der Waals surface area contributed by atoms with Gasteiger partial charge in [-0.1, -0.05) is 60.7 Å². The molecular weight excluding hydrogens is 316 g/mol. The van der Waals surface area contributed by atoms with E-state index in [2.05, 4.69) is 59.5 Å². The van der Waals surface area contributed by atoms with Gasteiger partial charge in [0.15, 0.2) is 0 Å². The first-order valence-corrected chi connectivity index (χ1v) is 8.67. The number of hydrogen-bond donors (Lipinski definition) is 2. The third-order valence-corrected chi connectivity index (χ3v) is 4.29. The van der Waals surface area contributed by atoms with Crippen LogP contribution in [0.15, 0.2) is 78.1 Å². The number of hydrogen-bond acceptors (Lipinski definition) is 2. The lowest BCUT2D eigenvalue weighted by Crippen LogP contribution is -2.12. The van der Waals surface area contributed by atoms with E-state index in [4.69, 9.17) is 17.5 Å². The Labute approximate surface area is 150 Å². The lowest BCUT2D eigenvalue weighted by Gasteiger charge is -2.15. The molecule has 1 atom stereocenters. The van der Waals surface area contributed by atoms with E-state index in [0.29, 0.717) is 0 Å². The number of rotatable bonds is 6. The molecule has 0 aromatic heterocycles. The first kappa shape index (κ1) is 18.3. The normalized spacial score (nSPS) is 17.2. The molecule has 0 amide bonds. The molecule has 3 heteroatoms. The van der Waals surface area contributed by atoms with Crippen LogP contribution >= 0.6 is 11.8 Å². The molecule has 2 rings (SSSR count). The van der Waals surface area contributed by atoms with Crippen molar-refractivity contribution in [3.63, 3.8) is 0 Å². The molecule has 0 aliphatic heterocycles. The van der Waals surface area contributed by atoms with Gasteiger partial charge in [-0.3, -0.25) is 0 Å². The topological polar surface area (TPSA) is 38.0 Å². The number of benzene rings is 1. The van der Waals surface area contributed by atoms with E-state index >= 15 is 0 Å². The molecule has 1 aliphatic carbocycles. The molecule has 24 heavy (non-hydrogen) atoms. The fourth-order valence-corrected chi connectivity index (χ4v) is 2.90. The quantitative estimate of drug-likeness (QED) is 0.524. The molecule has 0 saturated carbocycles. The zero-order chi connectivity index (χ0) is 17.4. The van der Waals surface area contributed by atoms with Gasteiger partial charge < -0.3 is 5.73 Å². The molecule has 0 bridgehead atoms. The van der Waals surface area contributed by atoms with Crippen LogP contribution in [0.3, 0.4) is 0 Å². The van der Waals surface area contributed by atoms with Crippen LogP contribution in [-0.2, 0) is 0 Å². The smallest absolute Gasteiger partial charge is 0.0674 e. The van der Waals surface area contributed by atoms with Gasteiger partial charge >= 0.3 is 0 Å². The second kappa shape index (κ2) is 9.31. The highest BCUT2D eigenvalue weighted by molar-refractivity contribution is 6.13. The van der Waals surface area contributed by atoms with Gasteiger partial charge in [-0.05, 0) is 66.8 Å². The second-order valence-electron chi connectivity index (χ2n) is 5.71. The summed E-state index contributed by atoms with van der Waals surface area (Å²) in [5.74, 6) is 0. The summed E-state index contributed by atoms with van der Waals surface area (Å²) in [6.45, 7) is 4.06. The van der Waals surface area contributed by atoms with Crippen LogP contribution in [0.4, 0.5) is 0 Å². The highest BCUT2D eigenvalue weighted by Crippen LogP contribution is 2.23. The van der Waals surface area contributed by atoms with Gasteiger partial charge in [0.05, 0.1) is 6.04 Å². The first-order chi connectivity index (χ1) is 11.7. The van der Waals surface area contributed by atoms with Gasteiger partial charge in [-0.2, -0.15) is 0 Å². The molecule has 0 fully saturated rings. The van der Waals surface area contributed by atoms with E-state index in [1.165, 1.54) is 11.1 Å². The van der Waals surface area contributed by atoms with Gasteiger partial charge in [0.25, 0.3) is 0 Å². The lowest BCUT2D eigenvalue weighted by molar-refractivity contribution is 0.817. The maximum atomic E-state index is 6.23. The Morgan fingerprint density at radius 2 is 1.96 bits per heavy atom. The molecule has 0 radical (unpaired) electrons. The van der Waals surface area contributed by atoms with Gasteiger partial charge in [0, 0.05) is 5.70 Å². The number of nitrogens with two attached hydrogens (primary N) is 1. The van der Waals surface area contributed by atoms with Crippen molar-refractivity contribution in [1.82, 2.24) is 4.84 Å². The molecule has 1 aromatic rings. The van der Waals surface area contributed by atoms with Crippen molar-refractivity contribution in [2.45, 2.75) is 32.7 Å². The molecular formula is C21H25ClN2. The third-order valence-electron chi connectivity index (χ3n) is 4.05. The summed E-state index contributed by atoms with van der Waals surface area (Å²) in [5.41, 5.74) is 11.5. The molecule has 2 nitrogen and oxygen atoms in total. The van der Waals surface area contributed by atoms with Crippen molar-refractivity contribution in [3.8, 4) is 0 Å². The van der Waals surface area contributed by atoms with Crippen LogP contribution in [-0.4, -0.2) is 0 Å². The zero-order valence-electron chi connectivity index (χ0n) is 14.3. The van der Waals surface area contributed by atoms with E-state index in [9.17, 15) is 0 Å². The van der Waals surface area contributed by atoms with Gasteiger partial charge in [-0.15, -0.1) is 0 Å². The minimum atomic E-state index is -0.132. The maximum absolute atomic E-state index is 6.23. The molecule has 0 spiro atoms. The van der Waals surface area contributed by atoms with Crippen LogP contribution in [0.1, 0.15) is 43.9 Å². The van der Waals surface area contributed by atoms with Gasteiger partial charge in [0.2, 0.25) is 0 Å². The summed E-state index contributed by atoms with van der Waals surface area (Å²) in [5, 5.41) is 0. The summed E-state index contributed by atoms with van der Waals surface area (Å²) < 4.78 is 0. The Hall–Kier alpha value is -2.03. The largest absolute Gasteiger partial charge is 0.398 e. The van der Waals surface area contributed by atoms with Crippen LogP contribution < -0.4 is 10.6 Å². The summed E-state index contributed by atoms with van der Waals surface area (Å²) in [4.78, 5) is 2.81. The Morgan fingerprint density at radius 3 is 2.50 bits per heavy atom. The Morgan fingerprint density at radius 1 is 1.21 bits per heavy atom. The van der Waals surface area contributed by atoms with Crippen LogP contribution in [0.2, 0.25) is 0 Å². The highest BCUT2D eigenvalue weighted by Gasteiger charge is 2.10. The van der Waals surface area contributed by atoms with Crippen LogP contribution in [0, 0.1) is 0 Å². The van der Waals surface area contributed by atoms with E-state index in [1.807, 2.05) is 26.0 Å². The van der Waals surface area contributed by atoms with E-state index < -0.39 is 0 Å². The van der Waals surface area contributed by atoms with Crippen molar-refractivity contribution in [3.05, 3.63) is 89.2 Å². The van der Waals surface area contributed by atoms with Crippen molar-refractivity contribution in [2.75, 3.05) is 0 Å². The molecule has 1 aromatic carbocycles. The average molecular weight is 341 g/mol. The Bertz CT molecular complexity index is 691. The maximum Gasteiger partial charge on any atom is 0.0674 e. The van der Waals surface area contributed by atoms with E-state index in [1.54, 1.807) is 0 Å². The summed E-state index contributed by atoms with van der Waals surface area (Å²) in [6, 6.07) is 8.24. The minimum Gasteiger partial charge on any atom is -0.398 e. The van der Waals surface area contributed by atoms with Crippen LogP contribution in [0.5, 0.6) is 0 Å². The number of allylic oxidation sites excluding steroid dienone is 7. The standard InChI is InChI=1S/C21H25ClN2/c1-3-8-16(4-2)17-11-13-19(14-12-17)21(24-22)15-20(23)18-9-6-5-7-10-18/h3-4,6,8-15,21,24H,5,7,23H2,1-2H3/b8-3-,16-4+,20-15-. The predicted molar refractivity (Wildman–Crippen MR) is 105 cm³/mol. The molecule has 1 unspecified atom stereocenters. The highest BCUT2D eigenvalue weighted by atomic mass is 35.5.